The van der Waals surface area contributed by atoms with Crippen LogP contribution in [0.15, 0.2) is 65.6 Å². The molecule has 0 saturated heterocycles. The molecule has 0 bridgehead atoms. The van der Waals surface area contributed by atoms with E-state index in [2.05, 4.69) is 34.4 Å². The number of hydrogen-bond acceptors (Lipinski definition) is 1. The highest BCUT2D eigenvalue weighted by Gasteiger charge is 1.93. The standard InChI is InChI=1S/C12H11BrFN/c1-9(14)6-7-10(2)15-12-5-3-4-11(13)8-12/h3-8,15H,1-2H2/b7-6-. The summed E-state index contributed by atoms with van der Waals surface area (Å²) in [5.41, 5.74) is 1.50. The van der Waals surface area contributed by atoms with Crippen LogP contribution < -0.4 is 5.32 Å². The van der Waals surface area contributed by atoms with Gasteiger partial charge in [0, 0.05) is 15.9 Å². The summed E-state index contributed by atoms with van der Waals surface area (Å²) in [7, 11) is 0. The Labute approximate surface area is 97.1 Å². The topological polar surface area (TPSA) is 12.0 Å². The van der Waals surface area contributed by atoms with Gasteiger partial charge in [-0.15, -0.1) is 0 Å². The van der Waals surface area contributed by atoms with Crippen LogP contribution in [0, 0.1) is 0 Å². The van der Waals surface area contributed by atoms with Crippen LogP contribution in [0.1, 0.15) is 0 Å². The predicted octanol–water partition coefficient (Wildman–Crippen LogP) is 4.41. The second-order valence-electron chi connectivity index (χ2n) is 2.94. The van der Waals surface area contributed by atoms with E-state index in [4.69, 9.17) is 0 Å². The molecule has 1 rings (SSSR count). The Morgan fingerprint density at radius 3 is 2.67 bits per heavy atom. The number of allylic oxidation sites excluding steroid dienone is 3. The highest BCUT2D eigenvalue weighted by Crippen LogP contribution is 2.17. The van der Waals surface area contributed by atoms with Crippen molar-refractivity contribution in [1.82, 2.24) is 0 Å². The molecule has 1 aromatic rings. The van der Waals surface area contributed by atoms with Crippen LogP contribution in [-0.4, -0.2) is 0 Å². The summed E-state index contributed by atoms with van der Waals surface area (Å²) in [4.78, 5) is 0. The van der Waals surface area contributed by atoms with Gasteiger partial charge in [0.1, 0.15) is 5.83 Å². The maximum atomic E-state index is 12.3. The molecule has 0 unspecified atom stereocenters. The van der Waals surface area contributed by atoms with Gasteiger partial charge in [0.15, 0.2) is 0 Å². The van der Waals surface area contributed by atoms with Gasteiger partial charge in [-0.2, -0.15) is 0 Å². The summed E-state index contributed by atoms with van der Waals surface area (Å²) in [6, 6.07) is 7.63. The Morgan fingerprint density at radius 2 is 2.07 bits per heavy atom. The molecule has 0 aliphatic heterocycles. The van der Waals surface area contributed by atoms with Crippen molar-refractivity contribution in [1.29, 1.82) is 0 Å². The molecular formula is C12H11BrFN. The number of anilines is 1. The zero-order valence-electron chi connectivity index (χ0n) is 8.13. The van der Waals surface area contributed by atoms with Crippen LogP contribution in [0.3, 0.4) is 0 Å². The fourth-order valence-corrected chi connectivity index (χ4v) is 1.38. The Morgan fingerprint density at radius 1 is 1.33 bits per heavy atom. The lowest BCUT2D eigenvalue weighted by atomic mass is 10.3. The number of halogens is 2. The van der Waals surface area contributed by atoms with Gasteiger partial charge >= 0.3 is 0 Å². The molecule has 0 atom stereocenters. The van der Waals surface area contributed by atoms with E-state index in [1.165, 1.54) is 12.2 Å². The van der Waals surface area contributed by atoms with Gasteiger partial charge in [-0.3, -0.25) is 0 Å². The molecule has 0 fully saturated rings. The van der Waals surface area contributed by atoms with Crippen molar-refractivity contribution in [3.8, 4) is 0 Å². The summed E-state index contributed by atoms with van der Waals surface area (Å²) >= 11 is 3.35. The van der Waals surface area contributed by atoms with Crippen LogP contribution in [0.4, 0.5) is 10.1 Å². The van der Waals surface area contributed by atoms with Crippen molar-refractivity contribution in [2.24, 2.45) is 0 Å². The number of hydrogen-bond donors (Lipinski definition) is 1. The van der Waals surface area contributed by atoms with Crippen molar-refractivity contribution < 1.29 is 4.39 Å². The van der Waals surface area contributed by atoms with Gasteiger partial charge in [-0.1, -0.05) is 35.2 Å². The van der Waals surface area contributed by atoms with E-state index in [-0.39, 0.29) is 0 Å². The van der Waals surface area contributed by atoms with Crippen molar-refractivity contribution in [3.63, 3.8) is 0 Å². The third-order valence-electron chi connectivity index (χ3n) is 1.59. The maximum absolute atomic E-state index is 12.3. The first kappa shape index (κ1) is 11.7. The molecule has 0 radical (unpaired) electrons. The van der Waals surface area contributed by atoms with Crippen molar-refractivity contribution in [2.45, 2.75) is 0 Å². The average molecular weight is 268 g/mol. The summed E-state index contributed by atoms with van der Waals surface area (Å²) in [5.74, 6) is -0.493. The minimum atomic E-state index is -0.493. The Hall–Kier alpha value is -1.35. The highest BCUT2D eigenvalue weighted by molar-refractivity contribution is 9.10. The zero-order chi connectivity index (χ0) is 11.3. The molecule has 0 spiro atoms. The van der Waals surface area contributed by atoms with Crippen molar-refractivity contribution in [2.75, 3.05) is 5.32 Å². The fourth-order valence-electron chi connectivity index (χ4n) is 0.984. The molecular weight excluding hydrogens is 257 g/mol. The van der Waals surface area contributed by atoms with Crippen LogP contribution >= 0.6 is 15.9 Å². The number of nitrogens with one attached hydrogen (secondary N) is 1. The molecule has 1 nitrogen and oxygen atoms in total. The van der Waals surface area contributed by atoms with Gasteiger partial charge in [-0.25, -0.2) is 4.39 Å². The first-order valence-electron chi connectivity index (χ1n) is 4.32. The number of rotatable bonds is 4. The van der Waals surface area contributed by atoms with E-state index in [0.717, 1.165) is 10.2 Å². The SMILES string of the molecule is C=C(F)/C=C\C(=C)Nc1cccc(Br)c1. The lowest BCUT2D eigenvalue weighted by Crippen LogP contribution is -1.94. The van der Waals surface area contributed by atoms with Gasteiger partial charge in [0.2, 0.25) is 0 Å². The van der Waals surface area contributed by atoms with E-state index >= 15 is 0 Å². The molecule has 0 amide bonds. The molecule has 0 saturated carbocycles. The molecule has 1 N–H and O–H groups in total. The minimum Gasteiger partial charge on any atom is -0.356 e. The van der Waals surface area contributed by atoms with E-state index in [1.807, 2.05) is 24.3 Å². The summed E-state index contributed by atoms with van der Waals surface area (Å²) in [5, 5.41) is 3.02. The quantitative estimate of drug-likeness (QED) is 0.797. The van der Waals surface area contributed by atoms with Crippen LogP contribution in [0.5, 0.6) is 0 Å². The molecule has 15 heavy (non-hydrogen) atoms. The van der Waals surface area contributed by atoms with Crippen molar-refractivity contribution in [3.05, 3.63) is 65.6 Å². The Balaban J connectivity index is 2.63. The first-order chi connectivity index (χ1) is 7.08. The van der Waals surface area contributed by atoms with Crippen LogP contribution in [0.2, 0.25) is 0 Å². The lowest BCUT2D eigenvalue weighted by molar-refractivity contribution is 0.671. The van der Waals surface area contributed by atoms with Gasteiger partial charge < -0.3 is 5.32 Å². The van der Waals surface area contributed by atoms with E-state index < -0.39 is 5.83 Å². The van der Waals surface area contributed by atoms with E-state index in [9.17, 15) is 4.39 Å². The third kappa shape index (κ3) is 4.61. The molecule has 3 heteroatoms. The smallest absolute Gasteiger partial charge is 0.116 e. The summed E-state index contributed by atoms with van der Waals surface area (Å²) in [6.07, 6.45) is 2.79. The second-order valence-corrected chi connectivity index (χ2v) is 3.86. The first-order valence-corrected chi connectivity index (χ1v) is 5.11. The lowest BCUT2D eigenvalue weighted by Gasteiger charge is -2.05. The fraction of sp³-hybridized carbons (Fsp3) is 0. The monoisotopic (exact) mass is 267 g/mol. The minimum absolute atomic E-state index is 0.493. The molecule has 0 heterocycles. The third-order valence-corrected chi connectivity index (χ3v) is 2.09. The van der Waals surface area contributed by atoms with Crippen LogP contribution in [-0.2, 0) is 0 Å². The van der Waals surface area contributed by atoms with Crippen LogP contribution in [0.25, 0.3) is 0 Å². The van der Waals surface area contributed by atoms with E-state index in [0.29, 0.717) is 5.70 Å². The van der Waals surface area contributed by atoms with Gasteiger partial charge in [0.25, 0.3) is 0 Å². The second kappa shape index (κ2) is 5.51. The Kier molecular flexibility index (Phi) is 4.31. The summed E-state index contributed by atoms with van der Waals surface area (Å²) in [6.45, 7) is 6.85. The van der Waals surface area contributed by atoms with Gasteiger partial charge in [-0.05, 0) is 30.4 Å². The molecule has 78 valence electrons. The largest absolute Gasteiger partial charge is 0.356 e. The zero-order valence-corrected chi connectivity index (χ0v) is 9.72. The molecule has 0 aliphatic rings. The maximum Gasteiger partial charge on any atom is 0.116 e. The Bertz CT molecular complexity index is 410. The predicted molar refractivity (Wildman–Crippen MR) is 66.3 cm³/mol. The molecule has 0 aliphatic carbocycles. The normalized spacial score (nSPS) is 10.3. The highest BCUT2D eigenvalue weighted by atomic mass is 79.9. The van der Waals surface area contributed by atoms with Gasteiger partial charge in [0.05, 0.1) is 0 Å². The summed E-state index contributed by atoms with van der Waals surface area (Å²) < 4.78 is 13.3. The molecule has 0 aromatic heterocycles. The number of benzene rings is 1. The van der Waals surface area contributed by atoms with Crippen molar-refractivity contribution >= 4 is 21.6 Å². The molecule has 1 aromatic carbocycles. The average Bonchev–Trinajstić information content (AvgIpc) is 2.15. The van der Waals surface area contributed by atoms with E-state index in [1.54, 1.807) is 0 Å².